The third kappa shape index (κ3) is 5.69. The topological polar surface area (TPSA) is 0 Å². The molecule has 0 bridgehead atoms. The molecule has 0 aromatic rings. The molecule has 0 rings (SSSR count). The Kier molecular flexibility index (Phi) is 6.91. The molecule has 0 aliphatic heterocycles. The predicted molar refractivity (Wildman–Crippen MR) is 66.3 cm³/mol. The van der Waals surface area contributed by atoms with Gasteiger partial charge in [-0.15, -0.1) is 0 Å². The summed E-state index contributed by atoms with van der Waals surface area (Å²) < 4.78 is 0. The van der Waals surface area contributed by atoms with Crippen molar-refractivity contribution in [2.24, 2.45) is 0 Å². The maximum Gasteiger partial charge on any atom is 1.00 e. The Morgan fingerprint density at radius 3 is 0.643 bits per heavy atom. The van der Waals surface area contributed by atoms with Crippen LogP contribution in [0.15, 0.2) is 0 Å². The minimum absolute atomic E-state index is 0. The summed E-state index contributed by atoms with van der Waals surface area (Å²) in [6, 6.07) is 0. The van der Waals surface area contributed by atoms with E-state index in [0.29, 0.717) is 15.9 Å². The van der Waals surface area contributed by atoms with Gasteiger partial charge in [0.2, 0.25) is 0 Å². The van der Waals surface area contributed by atoms with Crippen LogP contribution < -0.4 is 51.4 Å². The molecule has 0 amide bonds. The molecule has 0 radical (unpaired) electrons. The molecular formula is C12H28BK. The Hall–Kier alpha value is 1.70. The van der Waals surface area contributed by atoms with Crippen molar-refractivity contribution in [3.8, 4) is 0 Å². The molecule has 0 aliphatic rings. The van der Waals surface area contributed by atoms with E-state index in [1.54, 1.807) is 0 Å². The van der Waals surface area contributed by atoms with E-state index in [1.807, 2.05) is 0 Å². The van der Waals surface area contributed by atoms with Crippen LogP contribution in [0.2, 0.25) is 15.9 Å². The molecule has 0 aromatic carbocycles. The second-order valence-electron chi connectivity index (χ2n) is 8.21. The predicted octanol–water partition coefficient (Wildman–Crippen LogP) is 1.62. The van der Waals surface area contributed by atoms with Crippen molar-refractivity contribution < 1.29 is 51.4 Å². The zero-order chi connectivity index (χ0) is 11.1. The second kappa shape index (κ2) is 5.36. The average molecular weight is 222 g/mol. The maximum absolute atomic E-state index is 2.39. The molecule has 0 spiro atoms. The third-order valence-electron chi connectivity index (χ3n) is 3.18. The fourth-order valence-electron chi connectivity index (χ4n) is 4.77. The Morgan fingerprint density at radius 1 is 0.500 bits per heavy atom. The summed E-state index contributed by atoms with van der Waals surface area (Å²) in [4.78, 5) is 0. The van der Waals surface area contributed by atoms with Crippen LogP contribution in [-0.2, 0) is 0 Å². The van der Waals surface area contributed by atoms with Gasteiger partial charge in [-0.1, -0.05) is 62.3 Å². The number of rotatable bonds is 0. The zero-order valence-electron chi connectivity index (χ0n) is 12.2. The SMILES string of the molecule is CC(C)(C)[BH-](C(C)(C)C)C(C)(C)C.[K+]. The first kappa shape index (κ1) is 18.1. The minimum atomic E-state index is -0.188. The van der Waals surface area contributed by atoms with E-state index in [0.717, 1.165) is 0 Å². The smallest absolute Gasteiger partial charge is 0.165 e. The van der Waals surface area contributed by atoms with Gasteiger partial charge in [0.25, 0.3) is 0 Å². The molecule has 0 unspecified atom stereocenters. The van der Waals surface area contributed by atoms with Gasteiger partial charge in [-0.25, -0.2) is 0 Å². The summed E-state index contributed by atoms with van der Waals surface area (Å²) in [5.74, 6) is 0. The zero-order valence-corrected chi connectivity index (χ0v) is 15.3. The second-order valence-corrected chi connectivity index (χ2v) is 8.21. The molecule has 14 heavy (non-hydrogen) atoms. The quantitative estimate of drug-likeness (QED) is 0.546. The van der Waals surface area contributed by atoms with Crippen LogP contribution in [0.25, 0.3) is 0 Å². The number of hydrogen-bond donors (Lipinski definition) is 0. The van der Waals surface area contributed by atoms with Gasteiger partial charge in [-0.3, -0.25) is 0 Å². The van der Waals surface area contributed by atoms with Crippen LogP contribution in [0.1, 0.15) is 62.3 Å². The molecule has 0 fully saturated rings. The van der Waals surface area contributed by atoms with Gasteiger partial charge >= 0.3 is 51.4 Å². The summed E-state index contributed by atoms with van der Waals surface area (Å²) in [5.41, 5.74) is 0. The Bertz CT molecular complexity index is 133. The van der Waals surface area contributed by atoms with E-state index >= 15 is 0 Å². The molecule has 0 aliphatic carbocycles. The standard InChI is InChI=1S/C12H28B.K/c1-10(2,3)13(11(4,5)6)12(7,8)9;/h13H,1-9H3;/q-1;+1. The van der Waals surface area contributed by atoms with Crippen LogP contribution in [0.5, 0.6) is 0 Å². The fraction of sp³-hybridized carbons (Fsp3) is 1.00. The molecule has 0 heterocycles. The Labute approximate surface area is 134 Å². The minimum Gasteiger partial charge on any atom is -0.165 e. The Morgan fingerprint density at radius 2 is 0.643 bits per heavy atom. The van der Waals surface area contributed by atoms with E-state index in [2.05, 4.69) is 62.3 Å². The van der Waals surface area contributed by atoms with Crippen molar-refractivity contribution in [2.45, 2.75) is 78.3 Å². The van der Waals surface area contributed by atoms with Gasteiger partial charge in [-0.05, 0) is 6.71 Å². The van der Waals surface area contributed by atoms with Gasteiger partial charge in [0.1, 0.15) is 0 Å². The summed E-state index contributed by atoms with van der Waals surface area (Å²) in [6.07, 6.45) is 0. The first-order chi connectivity index (χ1) is 5.37. The summed E-state index contributed by atoms with van der Waals surface area (Å²) >= 11 is 0. The Balaban J connectivity index is 0. The summed E-state index contributed by atoms with van der Waals surface area (Å²) in [6.45, 7) is 21.3. The van der Waals surface area contributed by atoms with Crippen LogP contribution >= 0.6 is 0 Å². The molecule has 0 atom stereocenters. The van der Waals surface area contributed by atoms with Crippen molar-refractivity contribution in [2.75, 3.05) is 0 Å². The van der Waals surface area contributed by atoms with E-state index in [1.165, 1.54) is 0 Å². The first-order valence-corrected chi connectivity index (χ1v) is 5.56. The van der Waals surface area contributed by atoms with Gasteiger partial charge in [0.15, 0.2) is 0 Å². The van der Waals surface area contributed by atoms with Crippen LogP contribution in [0.4, 0.5) is 0 Å². The van der Waals surface area contributed by atoms with Crippen LogP contribution in [0, 0.1) is 0 Å². The largest absolute Gasteiger partial charge is 1.00 e. The summed E-state index contributed by atoms with van der Waals surface area (Å²) in [5, 5.41) is 1.41. The molecule has 0 saturated carbocycles. The van der Waals surface area contributed by atoms with Crippen molar-refractivity contribution in [1.29, 1.82) is 0 Å². The normalized spacial score (nSPS) is 14.1. The van der Waals surface area contributed by atoms with E-state index in [-0.39, 0.29) is 58.1 Å². The van der Waals surface area contributed by atoms with Crippen molar-refractivity contribution in [3.05, 3.63) is 0 Å². The van der Waals surface area contributed by atoms with E-state index < -0.39 is 0 Å². The van der Waals surface area contributed by atoms with Gasteiger partial charge in [0.05, 0.1) is 0 Å². The number of hydrogen-bond acceptors (Lipinski definition) is 0. The fourth-order valence-corrected chi connectivity index (χ4v) is 4.77. The van der Waals surface area contributed by atoms with Gasteiger partial charge in [-0.2, -0.15) is 15.9 Å². The average Bonchev–Trinajstić information content (AvgIpc) is 1.44. The molecule has 0 aromatic heterocycles. The third-order valence-corrected chi connectivity index (χ3v) is 3.18. The van der Waals surface area contributed by atoms with Crippen molar-refractivity contribution in [1.82, 2.24) is 0 Å². The van der Waals surface area contributed by atoms with Crippen molar-refractivity contribution >= 4 is 6.71 Å². The monoisotopic (exact) mass is 222 g/mol. The molecule has 0 saturated heterocycles. The molecule has 80 valence electrons. The molecule has 0 N–H and O–H groups in total. The first-order valence-electron chi connectivity index (χ1n) is 5.56. The summed E-state index contributed by atoms with van der Waals surface area (Å²) in [7, 11) is 0. The van der Waals surface area contributed by atoms with Crippen LogP contribution in [-0.4, -0.2) is 6.71 Å². The molecule has 2 heteroatoms. The molecule has 0 nitrogen and oxygen atoms in total. The van der Waals surface area contributed by atoms with Crippen LogP contribution in [0.3, 0.4) is 0 Å². The van der Waals surface area contributed by atoms with Crippen molar-refractivity contribution in [3.63, 3.8) is 0 Å². The van der Waals surface area contributed by atoms with Gasteiger partial charge < -0.3 is 0 Å². The molecular weight excluding hydrogens is 194 g/mol. The maximum atomic E-state index is 2.39. The van der Waals surface area contributed by atoms with Gasteiger partial charge in [0, 0.05) is 0 Å². The van der Waals surface area contributed by atoms with E-state index in [4.69, 9.17) is 0 Å². The van der Waals surface area contributed by atoms with E-state index in [9.17, 15) is 0 Å².